The van der Waals surface area contributed by atoms with Crippen molar-refractivity contribution < 1.29 is 0 Å². The topological polar surface area (TPSA) is 15.3 Å². The van der Waals surface area contributed by atoms with E-state index in [1.54, 1.807) is 0 Å². The van der Waals surface area contributed by atoms with Crippen molar-refractivity contribution in [2.45, 2.75) is 77.9 Å². The fraction of sp³-hybridized carbons (Fsp3) is 1.00. The van der Waals surface area contributed by atoms with Crippen molar-refractivity contribution in [2.24, 2.45) is 11.8 Å². The molecule has 0 bridgehead atoms. The lowest BCUT2D eigenvalue weighted by Gasteiger charge is -2.48. The standard InChI is InChI=1S/C16H32N2/c1-5-17-15-9-10-18(13(3)11-15)16-8-6-7-12(2)14(16)4/h12-17H,5-11H2,1-4H3. The molecule has 0 aromatic rings. The van der Waals surface area contributed by atoms with E-state index < -0.39 is 0 Å². The first-order valence-electron chi connectivity index (χ1n) is 8.12. The van der Waals surface area contributed by atoms with Gasteiger partial charge in [0.15, 0.2) is 0 Å². The highest BCUT2D eigenvalue weighted by atomic mass is 15.2. The van der Waals surface area contributed by atoms with Crippen molar-refractivity contribution in [1.29, 1.82) is 0 Å². The number of nitrogens with one attached hydrogen (secondary N) is 1. The fourth-order valence-electron chi connectivity index (χ4n) is 4.18. The van der Waals surface area contributed by atoms with Gasteiger partial charge < -0.3 is 5.32 Å². The van der Waals surface area contributed by atoms with Gasteiger partial charge in [0.1, 0.15) is 0 Å². The molecule has 2 nitrogen and oxygen atoms in total. The minimum absolute atomic E-state index is 0.762. The Bertz CT molecular complexity index is 253. The van der Waals surface area contributed by atoms with Gasteiger partial charge in [0.05, 0.1) is 0 Å². The Morgan fingerprint density at radius 3 is 2.56 bits per heavy atom. The summed E-state index contributed by atoms with van der Waals surface area (Å²) in [6, 6.07) is 2.38. The van der Waals surface area contributed by atoms with Gasteiger partial charge in [0.25, 0.3) is 0 Å². The second-order valence-corrected chi connectivity index (χ2v) is 6.70. The monoisotopic (exact) mass is 252 g/mol. The molecule has 1 aliphatic heterocycles. The molecule has 0 amide bonds. The Labute approximate surface area is 114 Å². The predicted molar refractivity (Wildman–Crippen MR) is 78.8 cm³/mol. The smallest absolute Gasteiger partial charge is 0.0126 e. The molecule has 2 rings (SSSR count). The van der Waals surface area contributed by atoms with Crippen LogP contribution in [0, 0.1) is 11.8 Å². The third kappa shape index (κ3) is 3.08. The van der Waals surface area contributed by atoms with Crippen molar-refractivity contribution in [1.82, 2.24) is 10.2 Å². The Hall–Kier alpha value is -0.0800. The van der Waals surface area contributed by atoms with E-state index in [1.807, 2.05) is 0 Å². The molecule has 18 heavy (non-hydrogen) atoms. The summed E-state index contributed by atoms with van der Waals surface area (Å²) in [5.74, 6) is 1.80. The molecule has 5 atom stereocenters. The van der Waals surface area contributed by atoms with Crippen molar-refractivity contribution in [3.63, 3.8) is 0 Å². The molecule has 0 aromatic carbocycles. The SMILES string of the molecule is CCNC1CCN(C2CCCC(C)C2C)C(C)C1. The van der Waals surface area contributed by atoms with Gasteiger partial charge in [0, 0.05) is 24.7 Å². The number of likely N-dealkylation sites (tertiary alicyclic amines) is 1. The molecular formula is C16H32N2. The zero-order valence-electron chi connectivity index (χ0n) is 12.8. The molecule has 1 saturated heterocycles. The summed E-state index contributed by atoms with van der Waals surface area (Å²) in [6.45, 7) is 12.0. The lowest BCUT2D eigenvalue weighted by Crippen LogP contribution is -2.54. The zero-order valence-corrected chi connectivity index (χ0v) is 12.8. The summed E-state index contributed by atoms with van der Waals surface area (Å²) >= 11 is 0. The van der Waals surface area contributed by atoms with Crippen molar-refractivity contribution >= 4 is 0 Å². The highest BCUT2D eigenvalue weighted by Gasteiger charge is 2.36. The molecule has 2 aliphatic rings. The van der Waals surface area contributed by atoms with Crippen molar-refractivity contribution in [2.75, 3.05) is 13.1 Å². The van der Waals surface area contributed by atoms with Crippen LogP contribution in [0.4, 0.5) is 0 Å². The first kappa shape index (κ1) is 14.3. The third-order valence-corrected chi connectivity index (χ3v) is 5.51. The number of nitrogens with zero attached hydrogens (tertiary/aromatic N) is 1. The minimum Gasteiger partial charge on any atom is -0.314 e. The van der Waals surface area contributed by atoms with Gasteiger partial charge in [-0.25, -0.2) is 0 Å². The molecule has 106 valence electrons. The second-order valence-electron chi connectivity index (χ2n) is 6.70. The van der Waals surface area contributed by atoms with Crippen LogP contribution in [0.1, 0.15) is 59.8 Å². The Morgan fingerprint density at radius 1 is 1.11 bits per heavy atom. The second kappa shape index (κ2) is 6.38. The quantitative estimate of drug-likeness (QED) is 0.829. The van der Waals surface area contributed by atoms with Crippen LogP contribution < -0.4 is 5.32 Å². The molecule has 0 spiro atoms. The number of piperidine rings is 1. The number of hydrogen-bond donors (Lipinski definition) is 1. The maximum absolute atomic E-state index is 3.63. The summed E-state index contributed by atoms with van der Waals surface area (Å²) in [7, 11) is 0. The third-order valence-electron chi connectivity index (χ3n) is 5.51. The van der Waals surface area contributed by atoms with Gasteiger partial charge in [-0.1, -0.05) is 33.6 Å². The largest absolute Gasteiger partial charge is 0.314 e. The van der Waals surface area contributed by atoms with E-state index in [4.69, 9.17) is 0 Å². The molecular weight excluding hydrogens is 220 g/mol. The van der Waals surface area contributed by atoms with Gasteiger partial charge in [-0.2, -0.15) is 0 Å². The molecule has 1 saturated carbocycles. The van der Waals surface area contributed by atoms with E-state index in [-0.39, 0.29) is 0 Å². The van der Waals surface area contributed by atoms with Crippen LogP contribution in [0.3, 0.4) is 0 Å². The van der Waals surface area contributed by atoms with Crippen LogP contribution in [-0.2, 0) is 0 Å². The average molecular weight is 252 g/mol. The van der Waals surface area contributed by atoms with Crippen LogP contribution >= 0.6 is 0 Å². The summed E-state index contributed by atoms with van der Waals surface area (Å²) in [4.78, 5) is 2.83. The zero-order chi connectivity index (χ0) is 13.1. The molecule has 2 heteroatoms. The van der Waals surface area contributed by atoms with Gasteiger partial charge in [-0.15, -0.1) is 0 Å². The molecule has 0 radical (unpaired) electrons. The van der Waals surface area contributed by atoms with E-state index in [1.165, 1.54) is 38.6 Å². The van der Waals surface area contributed by atoms with Crippen molar-refractivity contribution in [3.05, 3.63) is 0 Å². The van der Waals surface area contributed by atoms with E-state index >= 15 is 0 Å². The predicted octanol–water partition coefficient (Wildman–Crippen LogP) is 3.27. The van der Waals surface area contributed by atoms with Gasteiger partial charge in [0.2, 0.25) is 0 Å². The Morgan fingerprint density at radius 2 is 1.89 bits per heavy atom. The van der Waals surface area contributed by atoms with Gasteiger partial charge in [-0.05, 0) is 44.6 Å². The summed E-state index contributed by atoms with van der Waals surface area (Å²) < 4.78 is 0. The summed E-state index contributed by atoms with van der Waals surface area (Å²) in [5, 5.41) is 3.63. The Kier molecular flexibility index (Phi) is 5.08. The Balaban J connectivity index is 1.93. The normalized spacial score (nSPS) is 43.0. The first-order valence-corrected chi connectivity index (χ1v) is 8.12. The highest BCUT2D eigenvalue weighted by molar-refractivity contribution is 4.91. The first-order chi connectivity index (χ1) is 8.63. The van der Waals surface area contributed by atoms with Crippen LogP contribution in [0.2, 0.25) is 0 Å². The lowest BCUT2D eigenvalue weighted by atomic mass is 9.76. The maximum Gasteiger partial charge on any atom is 0.0126 e. The van der Waals surface area contributed by atoms with Gasteiger partial charge in [-0.3, -0.25) is 4.90 Å². The van der Waals surface area contributed by atoms with Gasteiger partial charge >= 0.3 is 0 Å². The number of rotatable bonds is 3. The molecule has 1 aliphatic carbocycles. The van der Waals surface area contributed by atoms with Crippen LogP contribution in [0.15, 0.2) is 0 Å². The highest BCUT2D eigenvalue weighted by Crippen LogP contribution is 2.35. The summed E-state index contributed by atoms with van der Waals surface area (Å²) in [6.07, 6.45) is 7.00. The van der Waals surface area contributed by atoms with E-state index in [0.29, 0.717) is 0 Å². The molecule has 5 unspecified atom stereocenters. The molecule has 1 N–H and O–H groups in total. The summed E-state index contributed by atoms with van der Waals surface area (Å²) in [5.41, 5.74) is 0. The van der Waals surface area contributed by atoms with Crippen LogP contribution in [-0.4, -0.2) is 36.1 Å². The minimum atomic E-state index is 0.762. The molecule has 2 fully saturated rings. The van der Waals surface area contributed by atoms with E-state index in [2.05, 4.69) is 37.9 Å². The molecule has 1 heterocycles. The maximum atomic E-state index is 3.63. The van der Waals surface area contributed by atoms with Crippen LogP contribution in [0.5, 0.6) is 0 Å². The average Bonchev–Trinajstić information content (AvgIpc) is 2.34. The lowest BCUT2D eigenvalue weighted by molar-refractivity contribution is 0.0234. The number of hydrogen-bond acceptors (Lipinski definition) is 2. The van der Waals surface area contributed by atoms with Crippen molar-refractivity contribution in [3.8, 4) is 0 Å². The van der Waals surface area contributed by atoms with E-state index in [0.717, 1.165) is 36.5 Å². The van der Waals surface area contributed by atoms with Crippen LogP contribution in [0.25, 0.3) is 0 Å². The van der Waals surface area contributed by atoms with E-state index in [9.17, 15) is 0 Å². The molecule has 0 aromatic heterocycles. The fourth-order valence-corrected chi connectivity index (χ4v) is 4.18.